The van der Waals surface area contributed by atoms with E-state index < -0.39 is 0 Å². The van der Waals surface area contributed by atoms with Crippen LogP contribution in [0.1, 0.15) is 28.3 Å². The number of aromatic nitrogens is 3. The molecule has 0 atom stereocenters. The maximum Gasteiger partial charge on any atom is 0.141 e. The minimum absolute atomic E-state index is 0.673. The van der Waals surface area contributed by atoms with Crippen LogP contribution in [0.4, 0.5) is 5.82 Å². The second-order valence-electron chi connectivity index (χ2n) is 8.58. The Labute approximate surface area is 209 Å². The Balaban J connectivity index is 1.47. The highest BCUT2D eigenvalue weighted by Crippen LogP contribution is 2.30. The molecule has 3 heterocycles. The smallest absolute Gasteiger partial charge is 0.141 e. The maximum atomic E-state index is 6.06. The number of halogens is 1. The van der Waals surface area contributed by atoms with Crippen molar-refractivity contribution in [1.29, 1.82) is 0 Å². The topological polar surface area (TPSA) is 64.6 Å². The van der Waals surface area contributed by atoms with Crippen LogP contribution in [0.25, 0.3) is 16.8 Å². The largest absolute Gasteiger partial charge is 0.497 e. The summed E-state index contributed by atoms with van der Waals surface area (Å²) in [4.78, 5) is 5.02. The van der Waals surface area contributed by atoms with Gasteiger partial charge in [-0.3, -0.25) is 4.40 Å². The summed E-state index contributed by atoms with van der Waals surface area (Å²) < 4.78 is 12.8. The lowest BCUT2D eigenvalue weighted by Gasteiger charge is -2.10. The van der Waals surface area contributed by atoms with Crippen LogP contribution in [0.2, 0.25) is 5.02 Å². The van der Waals surface area contributed by atoms with Crippen LogP contribution in [-0.4, -0.2) is 21.7 Å². The van der Waals surface area contributed by atoms with Gasteiger partial charge in [-0.1, -0.05) is 41.0 Å². The summed E-state index contributed by atoms with van der Waals surface area (Å²) in [7, 11) is 1.68. The number of benzene rings is 2. The molecule has 0 unspecified atom stereocenters. The lowest BCUT2D eigenvalue weighted by atomic mass is 10.1. The third kappa shape index (κ3) is 4.88. The molecular formula is C28H27ClN4O2. The first-order valence-corrected chi connectivity index (χ1v) is 11.9. The second kappa shape index (κ2) is 9.84. The highest BCUT2D eigenvalue weighted by atomic mass is 35.5. The van der Waals surface area contributed by atoms with Gasteiger partial charge in [0.25, 0.3) is 0 Å². The van der Waals surface area contributed by atoms with Crippen LogP contribution in [0.15, 0.2) is 71.4 Å². The average Bonchev–Trinajstić information content (AvgIpc) is 3.40. The Morgan fingerprint density at radius 2 is 1.71 bits per heavy atom. The van der Waals surface area contributed by atoms with E-state index in [1.165, 1.54) is 5.56 Å². The van der Waals surface area contributed by atoms with Gasteiger partial charge < -0.3 is 14.6 Å². The van der Waals surface area contributed by atoms with Crippen LogP contribution < -0.4 is 10.1 Å². The molecule has 0 aliphatic carbocycles. The van der Waals surface area contributed by atoms with Crippen LogP contribution in [-0.2, 0) is 19.4 Å². The molecule has 0 spiro atoms. The van der Waals surface area contributed by atoms with Gasteiger partial charge in [0, 0.05) is 23.3 Å². The average molecular weight is 487 g/mol. The van der Waals surface area contributed by atoms with E-state index in [0.29, 0.717) is 6.54 Å². The standard InChI is InChI=1S/C28H27ClN4O2/c1-18-27(19(2)35-32-18)22-14-15-33-26(16-22)31-25(13-8-20-6-11-24(34-3)12-7-20)28(33)30-17-21-4-9-23(29)10-5-21/h4-7,9-12,14-16,30H,8,13,17H2,1-3H3. The van der Waals surface area contributed by atoms with Crippen LogP contribution in [0, 0.1) is 13.8 Å². The molecular weight excluding hydrogens is 460 g/mol. The summed E-state index contributed by atoms with van der Waals surface area (Å²) in [5, 5.41) is 8.45. The normalized spacial score (nSPS) is 11.2. The highest BCUT2D eigenvalue weighted by molar-refractivity contribution is 6.30. The van der Waals surface area contributed by atoms with E-state index in [0.717, 1.165) is 68.9 Å². The van der Waals surface area contributed by atoms with Crippen molar-refractivity contribution < 1.29 is 9.26 Å². The highest BCUT2D eigenvalue weighted by Gasteiger charge is 2.16. The molecule has 5 aromatic rings. The fourth-order valence-corrected chi connectivity index (χ4v) is 4.47. The Kier molecular flexibility index (Phi) is 6.47. The number of aryl methyl sites for hydroxylation is 4. The molecule has 1 N–H and O–H groups in total. The second-order valence-corrected chi connectivity index (χ2v) is 9.01. The number of rotatable bonds is 8. The van der Waals surface area contributed by atoms with Gasteiger partial charge in [0.15, 0.2) is 0 Å². The summed E-state index contributed by atoms with van der Waals surface area (Å²) in [6, 6.07) is 20.3. The van der Waals surface area contributed by atoms with Crippen molar-refractivity contribution in [1.82, 2.24) is 14.5 Å². The number of nitrogens with zero attached hydrogens (tertiary/aromatic N) is 3. The molecule has 0 amide bonds. The predicted molar refractivity (Wildman–Crippen MR) is 139 cm³/mol. The molecule has 35 heavy (non-hydrogen) atoms. The van der Waals surface area contributed by atoms with Crippen molar-refractivity contribution in [3.63, 3.8) is 0 Å². The number of fused-ring (bicyclic) bond motifs is 1. The van der Waals surface area contributed by atoms with E-state index in [1.54, 1.807) is 7.11 Å². The fraction of sp³-hybridized carbons (Fsp3) is 0.214. The number of pyridine rings is 1. The molecule has 3 aromatic heterocycles. The molecule has 0 aliphatic heterocycles. The van der Waals surface area contributed by atoms with E-state index in [1.807, 2.05) is 50.2 Å². The number of methoxy groups -OCH3 is 1. The number of ether oxygens (including phenoxy) is 1. The Hall–Kier alpha value is -3.77. The number of anilines is 1. The summed E-state index contributed by atoms with van der Waals surface area (Å²) in [5.74, 6) is 2.66. The van der Waals surface area contributed by atoms with Gasteiger partial charge in [-0.2, -0.15) is 0 Å². The van der Waals surface area contributed by atoms with E-state index in [4.69, 9.17) is 25.8 Å². The number of imidazole rings is 1. The molecule has 6 nitrogen and oxygen atoms in total. The minimum atomic E-state index is 0.673. The number of hydrogen-bond donors (Lipinski definition) is 1. The molecule has 0 bridgehead atoms. The molecule has 0 saturated carbocycles. The van der Waals surface area contributed by atoms with E-state index in [2.05, 4.69) is 45.3 Å². The van der Waals surface area contributed by atoms with Gasteiger partial charge >= 0.3 is 0 Å². The first-order chi connectivity index (χ1) is 17.0. The molecule has 2 aromatic carbocycles. The molecule has 5 rings (SSSR count). The first kappa shape index (κ1) is 23.0. The molecule has 0 aliphatic rings. The van der Waals surface area contributed by atoms with Gasteiger partial charge in [-0.05, 0) is 79.8 Å². The van der Waals surface area contributed by atoms with Crippen LogP contribution >= 0.6 is 11.6 Å². The van der Waals surface area contributed by atoms with Crippen molar-refractivity contribution in [2.75, 3.05) is 12.4 Å². The molecule has 0 radical (unpaired) electrons. The van der Waals surface area contributed by atoms with Gasteiger partial charge in [0.2, 0.25) is 0 Å². The van der Waals surface area contributed by atoms with Crippen LogP contribution in [0.3, 0.4) is 0 Å². The SMILES string of the molecule is COc1ccc(CCc2nc3cc(-c4c(C)noc4C)ccn3c2NCc2ccc(Cl)cc2)cc1. The molecule has 0 saturated heterocycles. The Morgan fingerprint density at radius 1 is 0.971 bits per heavy atom. The zero-order valence-electron chi connectivity index (χ0n) is 20.0. The molecule has 7 heteroatoms. The maximum absolute atomic E-state index is 6.06. The first-order valence-electron chi connectivity index (χ1n) is 11.6. The third-order valence-corrected chi connectivity index (χ3v) is 6.46. The fourth-order valence-electron chi connectivity index (χ4n) is 4.35. The van der Waals surface area contributed by atoms with E-state index in [9.17, 15) is 0 Å². The van der Waals surface area contributed by atoms with Gasteiger partial charge in [0.1, 0.15) is 23.0 Å². The van der Waals surface area contributed by atoms with Gasteiger partial charge in [0.05, 0.1) is 18.5 Å². The molecule has 0 fully saturated rings. The minimum Gasteiger partial charge on any atom is -0.497 e. The summed E-state index contributed by atoms with van der Waals surface area (Å²) in [6.07, 6.45) is 3.74. The van der Waals surface area contributed by atoms with Crippen molar-refractivity contribution >= 4 is 23.1 Å². The monoisotopic (exact) mass is 486 g/mol. The summed E-state index contributed by atoms with van der Waals surface area (Å²) in [5.41, 5.74) is 7.23. The third-order valence-electron chi connectivity index (χ3n) is 6.20. The lowest BCUT2D eigenvalue weighted by Crippen LogP contribution is -2.05. The van der Waals surface area contributed by atoms with E-state index in [-0.39, 0.29) is 0 Å². The number of nitrogens with one attached hydrogen (secondary N) is 1. The Bertz CT molecular complexity index is 1430. The van der Waals surface area contributed by atoms with Crippen molar-refractivity contribution in [2.24, 2.45) is 0 Å². The molecule has 178 valence electrons. The zero-order valence-corrected chi connectivity index (χ0v) is 20.8. The Morgan fingerprint density at radius 3 is 2.40 bits per heavy atom. The van der Waals surface area contributed by atoms with Crippen molar-refractivity contribution in [3.05, 3.63) is 100 Å². The zero-order chi connectivity index (χ0) is 24.4. The summed E-state index contributed by atoms with van der Waals surface area (Å²) >= 11 is 6.06. The van der Waals surface area contributed by atoms with Gasteiger partial charge in [-0.25, -0.2) is 4.98 Å². The van der Waals surface area contributed by atoms with Crippen molar-refractivity contribution in [2.45, 2.75) is 33.2 Å². The van der Waals surface area contributed by atoms with Crippen molar-refractivity contribution in [3.8, 4) is 16.9 Å². The van der Waals surface area contributed by atoms with Gasteiger partial charge in [-0.15, -0.1) is 0 Å². The van der Waals surface area contributed by atoms with Crippen LogP contribution in [0.5, 0.6) is 5.75 Å². The predicted octanol–water partition coefficient (Wildman–Crippen LogP) is 6.67. The number of hydrogen-bond acceptors (Lipinski definition) is 5. The quantitative estimate of drug-likeness (QED) is 0.265. The lowest BCUT2D eigenvalue weighted by molar-refractivity contribution is 0.393. The van der Waals surface area contributed by atoms with E-state index >= 15 is 0 Å². The summed E-state index contributed by atoms with van der Waals surface area (Å²) in [6.45, 7) is 4.57.